The zero-order valence-electron chi connectivity index (χ0n) is 15.7. The Kier molecular flexibility index (Phi) is 4.42. The van der Waals surface area contributed by atoms with E-state index in [4.69, 9.17) is 25.8 Å². The Bertz CT molecular complexity index is 1010. The topological polar surface area (TPSA) is 61.8 Å². The van der Waals surface area contributed by atoms with Gasteiger partial charge >= 0.3 is 0 Å². The van der Waals surface area contributed by atoms with Crippen molar-refractivity contribution in [1.82, 2.24) is 0 Å². The minimum absolute atomic E-state index is 0.0417. The fourth-order valence-corrected chi connectivity index (χ4v) is 4.32. The normalized spacial score (nSPS) is 23.3. The van der Waals surface area contributed by atoms with E-state index in [0.717, 1.165) is 5.56 Å². The van der Waals surface area contributed by atoms with Gasteiger partial charge < -0.3 is 14.2 Å². The molecule has 28 heavy (non-hydrogen) atoms. The number of carbonyl (C=O) groups is 2. The molecule has 0 saturated carbocycles. The Morgan fingerprint density at radius 3 is 2.43 bits per heavy atom. The van der Waals surface area contributed by atoms with Gasteiger partial charge in [0.25, 0.3) is 0 Å². The maximum atomic E-state index is 13.7. The van der Waals surface area contributed by atoms with E-state index in [0.29, 0.717) is 17.1 Å². The van der Waals surface area contributed by atoms with Crippen LogP contribution in [0.25, 0.3) is 5.57 Å². The van der Waals surface area contributed by atoms with E-state index < -0.39 is 5.60 Å². The molecule has 0 bridgehead atoms. The highest BCUT2D eigenvalue weighted by molar-refractivity contribution is 6.35. The lowest BCUT2D eigenvalue weighted by atomic mass is 9.70. The van der Waals surface area contributed by atoms with Crippen LogP contribution in [0.15, 0.2) is 42.5 Å². The van der Waals surface area contributed by atoms with Gasteiger partial charge in [-0.3, -0.25) is 9.59 Å². The lowest BCUT2D eigenvalue weighted by molar-refractivity contribution is -0.116. The smallest absolute Gasteiger partial charge is 0.218 e. The molecule has 0 N–H and O–H groups in total. The Morgan fingerprint density at radius 1 is 1.11 bits per heavy atom. The predicted octanol–water partition coefficient (Wildman–Crippen LogP) is 4.36. The summed E-state index contributed by atoms with van der Waals surface area (Å²) in [6.07, 6.45) is 1.71. The Morgan fingerprint density at radius 2 is 1.79 bits per heavy atom. The quantitative estimate of drug-likeness (QED) is 0.768. The first-order valence-corrected chi connectivity index (χ1v) is 9.30. The summed E-state index contributed by atoms with van der Waals surface area (Å²) in [4.78, 5) is 26.1. The van der Waals surface area contributed by atoms with Crippen molar-refractivity contribution in [2.24, 2.45) is 5.92 Å². The van der Waals surface area contributed by atoms with Gasteiger partial charge in [-0.1, -0.05) is 48.9 Å². The molecule has 0 fully saturated rings. The van der Waals surface area contributed by atoms with Crippen molar-refractivity contribution >= 4 is 28.7 Å². The number of ketones is 2. The molecule has 2 aliphatic rings. The van der Waals surface area contributed by atoms with Crippen molar-refractivity contribution in [3.05, 3.63) is 58.6 Å². The highest BCUT2D eigenvalue weighted by atomic mass is 35.5. The van der Waals surface area contributed by atoms with Crippen molar-refractivity contribution < 1.29 is 23.8 Å². The first kappa shape index (κ1) is 18.6. The Labute approximate surface area is 167 Å². The number of methoxy groups -OCH3 is 2. The number of benzene rings is 2. The monoisotopic (exact) mass is 398 g/mol. The van der Waals surface area contributed by atoms with Gasteiger partial charge in [0.2, 0.25) is 11.4 Å². The molecule has 144 valence electrons. The number of carbonyl (C=O) groups excluding carboxylic acids is 2. The Balaban J connectivity index is 1.98. The lowest BCUT2D eigenvalue weighted by Crippen LogP contribution is -2.50. The summed E-state index contributed by atoms with van der Waals surface area (Å²) in [5.74, 6) is 0.221. The van der Waals surface area contributed by atoms with E-state index in [9.17, 15) is 9.59 Å². The zero-order valence-corrected chi connectivity index (χ0v) is 16.5. The second kappa shape index (κ2) is 6.67. The second-order valence-corrected chi connectivity index (χ2v) is 7.34. The van der Waals surface area contributed by atoms with Crippen molar-refractivity contribution in [3.8, 4) is 17.2 Å². The molecule has 4 rings (SSSR count). The largest absolute Gasteiger partial charge is 0.496 e. The summed E-state index contributed by atoms with van der Waals surface area (Å²) >= 11 is 6.48. The highest BCUT2D eigenvalue weighted by Crippen LogP contribution is 2.56. The molecule has 2 aromatic carbocycles. The van der Waals surface area contributed by atoms with Crippen LogP contribution in [0.1, 0.15) is 29.3 Å². The summed E-state index contributed by atoms with van der Waals surface area (Å²) in [5, 5.41) is 0.208. The van der Waals surface area contributed by atoms with E-state index in [1.807, 2.05) is 37.3 Å². The number of hydrogen-bond donors (Lipinski definition) is 0. The summed E-state index contributed by atoms with van der Waals surface area (Å²) < 4.78 is 17.1. The number of ether oxygens (including phenoxy) is 3. The summed E-state index contributed by atoms with van der Waals surface area (Å²) in [6, 6.07) is 10.9. The molecule has 6 heteroatoms. The summed E-state index contributed by atoms with van der Waals surface area (Å²) in [6.45, 7) is 1.84. The van der Waals surface area contributed by atoms with Gasteiger partial charge in [-0.25, -0.2) is 0 Å². The third-order valence-electron chi connectivity index (χ3n) is 5.41. The third-order valence-corrected chi connectivity index (χ3v) is 5.77. The minimum atomic E-state index is -1.35. The molecule has 0 radical (unpaired) electrons. The number of Topliss-reactive ketones (excluding diaryl/α,β-unsaturated/α-hetero) is 1. The van der Waals surface area contributed by atoms with Gasteiger partial charge in [-0.2, -0.15) is 0 Å². The van der Waals surface area contributed by atoms with Gasteiger partial charge in [-0.15, -0.1) is 0 Å². The predicted molar refractivity (Wildman–Crippen MR) is 105 cm³/mol. The average Bonchev–Trinajstić information content (AvgIpc) is 3.01. The van der Waals surface area contributed by atoms with E-state index >= 15 is 0 Å². The molecular formula is C22H19ClO5. The van der Waals surface area contributed by atoms with E-state index in [1.54, 1.807) is 6.07 Å². The molecule has 0 saturated heterocycles. The van der Waals surface area contributed by atoms with Gasteiger partial charge in [0.05, 0.1) is 14.2 Å². The molecule has 5 nitrogen and oxygen atoms in total. The minimum Gasteiger partial charge on any atom is -0.496 e. The third kappa shape index (κ3) is 2.46. The van der Waals surface area contributed by atoms with Crippen LogP contribution in [0.5, 0.6) is 17.2 Å². The molecular weight excluding hydrogens is 380 g/mol. The number of fused-ring (bicyclic) bond motifs is 1. The van der Waals surface area contributed by atoms with Crippen LogP contribution < -0.4 is 14.2 Å². The van der Waals surface area contributed by atoms with Crippen molar-refractivity contribution in [2.45, 2.75) is 18.9 Å². The Hall–Kier alpha value is -2.79. The molecule has 0 unspecified atom stereocenters. The van der Waals surface area contributed by atoms with E-state index in [2.05, 4.69) is 0 Å². The SMILES string of the molecule is COc1cc(OC)c2c(c1Cl)O[C@]1(C2=O)C(c2ccccc2)=CC(=O)C[C@H]1C. The van der Waals surface area contributed by atoms with Gasteiger partial charge in [-0.05, 0) is 11.6 Å². The lowest BCUT2D eigenvalue weighted by Gasteiger charge is -2.38. The molecule has 2 aromatic rings. The van der Waals surface area contributed by atoms with Gasteiger partial charge in [0.1, 0.15) is 22.1 Å². The van der Waals surface area contributed by atoms with Crippen LogP contribution in [0.4, 0.5) is 0 Å². The molecule has 2 atom stereocenters. The van der Waals surface area contributed by atoms with Gasteiger partial charge in [0, 0.05) is 24.0 Å². The second-order valence-electron chi connectivity index (χ2n) is 6.96. The van der Waals surface area contributed by atoms with E-state index in [-0.39, 0.29) is 40.2 Å². The van der Waals surface area contributed by atoms with Crippen molar-refractivity contribution in [1.29, 1.82) is 0 Å². The molecule has 1 aliphatic carbocycles. The molecule has 1 spiro atoms. The summed E-state index contributed by atoms with van der Waals surface area (Å²) in [5.41, 5.74) is 0.220. The average molecular weight is 399 g/mol. The van der Waals surface area contributed by atoms with Crippen LogP contribution in [0.2, 0.25) is 5.02 Å². The fraction of sp³-hybridized carbons (Fsp3) is 0.273. The molecule has 0 amide bonds. The van der Waals surface area contributed by atoms with Crippen molar-refractivity contribution in [3.63, 3.8) is 0 Å². The van der Waals surface area contributed by atoms with Crippen LogP contribution in [0, 0.1) is 5.92 Å². The number of rotatable bonds is 3. The molecule has 1 heterocycles. The van der Waals surface area contributed by atoms with Crippen LogP contribution in [0.3, 0.4) is 0 Å². The molecule has 0 aromatic heterocycles. The molecule has 1 aliphatic heterocycles. The number of hydrogen-bond acceptors (Lipinski definition) is 5. The van der Waals surface area contributed by atoms with Crippen LogP contribution in [-0.4, -0.2) is 31.4 Å². The van der Waals surface area contributed by atoms with Crippen LogP contribution >= 0.6 is 11.6 Å². The maximum Gasteiger partial charge on any atom is 0.218 e. The standard InChI is InChI=1S/C22H19ClO5/c1-12-9-14(24)10-15(13-7-5-4-6-8-13)22(12)21(25)18-16(26-2)11-17(27-3)19(23)20(18)28-22/h4-8,10-12H,9H2,1-3H3/t12-,22+/m1/s1. The maximum absolute atomic E-state index is 13.7. The number of halogens is 1. The summed E-state index contributed by atoms with van der Waals surface area (Å²) in [7, 11) is 2.96. The fourth-order valence-electron chi connectivity index (χ4n) is 4.06. The van der Waals surface area contributed by atoms with Crippen LogP contribution in [-0.2, 0) is 4.79 Å². The number of allylic oxidation sites excluding steroid dienone is 1. The first-order valence-electron chi connectivity index (χ1n) is 8.92. The zero-order chi connectivity index (χ0) is 20.1. The van der Waals surface area contributed by atoms with E-state index in [1.165, 1.54) is 20.3 Å². The van der Waals surface area contributed by atoms with Crippen molar-refractivity contribution in [2.75, 3.05) is 14.2 Å². The van der Waals surface area contributed by atoms with Gasteiger partial charge in [0.15, 0.2) is 11.5 Å². The highest BCUT2D eigenvalue weighted by Gasteiger charge is 2.58. The first-order chi connectivity index (χ1) is 13.4.